The van der Waals surface area contributed by atoms with Crippen LogP contribution in [0.15, 0.2) is 71.2 Å². The highest BCUT2D eigenvalue weighted by atomic mass is 35.5. The molecule has 0 unspecified atom stereocenters. The van der Waals surface area contributed by atoms with E-state index >= 15 is 0 Å². The maximum atomic E-state index is 12.7. The molecule has 0 spiro atoms. The Morgan fingerprint density at radius 3 is 2.70 bits per heavy atom. The van der Waals surface area contributed by atoms with Crippen molar-refractivity contribution >= 4 is 63.5 Å². The Morgan fingerprint density at radius 2 is 1.97 bits per heavy atom. The zero-order valence-electron chi connectivity index (χ0n) is 16.4. The predicted molar refractivity (Wildman–Crippen MR) is 129 cm³/mol. The minimum atomic E-state index is -0.125. The quantitative estimate of drug-likeness (QED) is 0.416. The van der Waals surface area contributed by atoms with E-state index in [0.717, 1.165) is 11.1 Å². The second-order valence-corrected chi connectivity index (χ2v) is 8.91. The first-order valence-corrected chi connectivity index (χ1v) is 11.1. The lowest BCUT2D eigenvalue weighted by Gasteiger charge is -2.14. The van der Waals surface area contributed by atoms with E-state index in [1.54, 1.807) is 29.2 Å². The molecule has 0 atom stereocenters. The minimum absolute atomic E-state index is 0.110. The van der Waals surface area contributed by atoms with E-state index in [1.165, 1.54) is 11.8 Å². The van der Waals surface area contributed by atoms with Gasteiger partial charge in [-0.3, -0.25) is 14.5 Å². The zero-order valence-corrected chi connectivity index (χ0v) is 18.8. The molecule has 0 saturated carbocycles. The van der Waals surface area contributed by atoms with Crippen LogP contribution < -0.4 is 5.32 Å². The molecule has 2 aromatic carbocycles. The number of allylic oxidation sites excluding steroid dienone is 2. The number of carbonyl (C=O) groups excluding carboxylic acids is 2. The number of rotatable bonds is 7. The van der Waals surface area contributed by atoms with Gasteiger partial charge in [0.15, 0.2) is 0 Å². The molecule has 0 bridgehead atoms. The Bertz CT molecular complexity index is 1020. The van der Waals surface area contributed by atoms with Gasteiger partial charge in [0.2, 0.25) is 5.91 Å². The third-order valence-corrected chi connectivity index (χ3v) is 5.93. The molecule has 1 fully saturated rings. The van der Waals surface area contributed by atoms with E-state index in [9.17, 15) is 9.59 Å². The molecule has 1 saturated heterocycles. The number of anilines is 1. The molecule has 4 nitrogen and oxygen atoms in total. The number of nitrogens with zero attached hydrogens (tertiary/aromatic N) is 1. The number of hydrogen-bond acceptors (Lipinski definition) is 4. The van der Waals surface area contributed by atoms with Crippen LogP contribution in [-0.4, -0.2) is 27.6 Å². The fraction of sp³-hybridized carbons (Fsp3) is 0.174. The van der Waals surface area contributed by atoms with E-state index in [2.05, 4.69) is 5.32 Å². The first-order chi connectivity index (χ1) is 14.4. The number of nitrogens with one attached hydrogen (secondary N) is 1. The van der Waals surface area contributed by atoms with Crippen molar-refractivity contribution in [1.29, 1.82) is 0 Å². The van der Waals surface area contributed by atoms with Gasteiger partial charge in [0.05, 0.1) is 4.91 Å². The van der Waals surface area contributed by atoms with Crippen LogP contribution in [0.1, 0.15) is 25.3 Å². The van der Waals surface area contributed by atoms with Crippen molar-refractivity contribution in [2.24, 2.45) is 0 Å². The summed E-state index contributed by atoms with van der Waals surface area (Å²) in [6.45, 7) is 2.37. The third kappa shape index (κ3) is 6.29. The SMILES string of the molecule is CC(=Cc1ccccc1)C=C1SC(=S)N(CCCC(=O)Nc2cccc(Cl)c2)C1=O. The molecule has 2 aromatic rings. The van der Waals surface area contributed by atoms with Crippen molar-refractivity contribution in [3.63, 3.8) is 0 Å². The maximum Gasteiger partial charge on any atom is 0.266 e. The largest absolute Gasteiger partial charge is 0.326 e. The summed E-state index contributed by atoms with van der Waals surface area (Å²) in [6, 6.07) is 16.9. The van der Waals surface area contributed by atoms with Gasteiger partial charge in [-0.15, -0.1) is 0 Å². The molecule has 0 aliphatic carbocycles. The van der Waals surface area contributed by atoms with Crippen LogP contribution in [0.3, 0.4) is 0 Å². The fourth-order valence-corrected chi connectivity index (χ4v) is 4.49. The van der Waals surface area contributed by atoms with Gasteiger partial charge in [-0.05, 0) is 48.8 Å². The van der Waals surface area contributed by atoms with Crippen molar-refractivity contribution in [2.45, 2.75) is 19.8 Å². The molecule has 1 heterocycles. The molecule has 154 valence electrons. The number of benzene rings is 2. The number of thioether (sulfide) groups is 1. The average molecular weight is 457 g/mol. The first-order valence-electron chi connectivity index (χ1n) is 9.46. The average Bonchev–Trinajstić information content (AvgIpc) is 2.96. The number of thiocarbonyl (C=S) groups is 1. The summed E-state index contributed by atoms with van der Waals surface area (Å²) >= 11 is 12.6. The Balaban J connectivity index is 1.53. The highest BCUT2D eigenvalue weighted by Crippen LogP contribution is 2.32. The van der Waals surface area contributed by atoms with Crippen LogP contribution in [0.5, 0.6) is 0 Å². The third-order valence-electron chi connectivity index (χ3n) is 4.32. The Hall–Kier alpha value is -2.41. The van der Waals surface area contributed by atoms with Gasteiger partial charge in [-0.2, -0.15) is 0 Å². The van der Waals surface area contributed by atoms with Gasteiger partial charge >= 0.3 is 0 Å². The van der Waals surface area contributed by atoms with Gasteiger partial charge < -0.3 is 5.32 Å². The van der Waals surface area contributed by atoms with Crippen molar-refractivity contribution in [3.8, 4) is 0 Å². The second-order valence-electron chi connectivity index (χ2n) is 6.79. The Labute approximate surface area is 191 Å². The van der Waals surface area contributed by atoms with Crippen molar-refractivity contribution in [3.05, 3.63) is 81.7 Å². The van der Waals surface area contributed by atoms with Crippen molar-refractivity contribution in [2.75, 3.05) is 11.9 Å². The van der Waals surface area contributed by atoms with Crippen LogP contribution in [0, 0.1) is 0 Å². The molecule has 30 heavy (non-hydrogen) atoms. The Kier molecular flexibility index (Phi) is 7.85. The van der Waals surface area contributed by atoms with E-state index in [1.807, 2.05) is 49.4 Å². The van der Waals surface area contributed by atoms with E-state index < -0.39 is 0 Å². The van der Waals surface area contributed by atoms with E-state index in [4.69, 9.17) is 23.8 Å². The molecule has 1 N–H and O–H groups in total. The molecule has 0 aromatic heterocycles. The van der Waals surface area contributed by atoms with Crippen LogP contribution in [0.2, 0.25) is 5.02 Å². The number of hydrogen-bond donors (Lipinski definition) is 1. The van der Waals surface area contributed by atoms with Gasteiger partial charge in [0.25, 0.3) is 5.91 Å². The molecule has 2 amide bonds. The normalized spacial score (nSPS) is 15.7. The lowest BCUT2D eigenvalue weighted by atomic mass is 10.1. The lowest BCUT2D eigenvalue weighted by molar-refractivity contribution is -0.122. The minimum Gasteiger partial charge on any atom is -0.326 e. The highest BCUT2D eigenvalue weighted by molar-refractivity contribution is 8.26. The van der Waals surface area contributed by atoms with E-state index in [-0.39, 0.29) is 18.2 Å². The molecule has 3 rings (SSSR count). The molecule has 0 radical (unpaired) electrons. The fourth-order valence-electron chi connectivity index (χ4n) is 2.94. The topological polar surface area (TPSA) is 49.4 Å². The highest BCUT2D eigenvalue weighted by Gasteiger charge is 2.31. The monoisotopic (exact) mass is 456 g/mol. The lowest BCUT2D eigenvalue weighted by Crippen LogP contribution is -2.29. The summed E-state index contributed by atoms with van der Waals surface area (Å²) in [6.07, 6.45) is 4.69. The number of carbonyl (C=O) groups is 2. The number of amides is 2. The van der Waals surface area contributed by atoms with Crippen molar-refractivity contribution in [1.82, 2.24) is 4.90 Å². The maximum absolute atomic E-state index is 12.7. The molecule has 1 aliphatic heterocycles. The summed E-state index contributed by atoms with van der Waals surface area (Å²) in [5, 5.41) is 3.37. The number of halogens is 1. The van der Waals surface area contributed by atoms with Crippen molar-refractivity contribution < 1.29 is 9.59 Å². The first kappa shape index (κ1) is 22.3. The molecular formula is C23H21ClN2O2S2. The summed E-state index contributed by atoms with van der Waals surface area (Å²) in [7, 11) is 0. The Morgan fingerprint density at radius 1 is 1.20 bits per heavy atom. The van der Waals surface area contributed by atoms with Crippen LogP contribution in [-0.2, 0) is 9.59 Å². The van der Waals surface area contributed by atoms with E-state index in [0.29, 0.717) is 32.9 Å². The summed E-state index contributed by atoms with van der Waals surface area (Å²) in [4.78, 5) is 27.0. The summed E-state index contributed by atoms with van der Waals surface area (Å²) in [5.41, 5.74) is 2.71. The standard InChI is InChI=1S/C23H21ClN2O2S2/c1-16(13-17-7-3-2-4-8-17)14-20-22(28)26(23(29)30-20)12-6-11-21(27)25-19-10-5-9-18(24)15-19/h2-5,7-10,13-15H,6,11-12H2,1H3,(H,25,27). The van der Waals surface area contributed by atoms with Gasteiger partial charge in [-0.1, -0.05) is 78.1 Å². The smallest absolute Gasteiger partial charge is 0.266 e. The summed E-state index contributed by atoms with van der Waals surface area (Å²) in [5.74, 6) is -0.235. The van der Waals surface area contributed by atoms with Gasteiger partial charge in [0, 0.05) is 23.7 Å². The van der Waals surface area contributed by atoms with Crippen LogP contribution in [0.25, 0.3) is 6.08 Å². The zero-order chi connectivity index (χ0) is 21.5. The molecule has 1 aliphatic rings. The van der Waals surface area contributed by atoms with Crippen LogP contribution in [0.4, 0.5) is 5.69 Å². The predicted octanol–water partition coefficient (Wildman–Crippen LogP) is 5.91. The molecule has 7 heteroatoms. The summed E-state index contributed by atoms with van der Waals surface area (Å²) < 4.78 is 0.522. The van der Waals surface area contributed by atoms with Gasteiger partial charge in [0.1, 0.15) is 4.32 Å². The van der Waals surface area contributed by atoms with Crippen LogP contribution >= 0.6 is 35.6 Å². The molecular weight excluding hydrogens is 436 g/mol. The van der Waals surface area contributed by atoms with Gasteiger partial charge in [-0.25, -0.2) is 0 Å². The second kappa shape index (κ2) is 10.6.